The number of ether oxygens (including phenoxy) is 2. The summed E-state index contributed by atoms with van der Waals surface area (Å²) < 4.78 is 23.2. The third-order valence-corrected chi connectivity index (χ3v) is 3.25. The number of rotatable bonds is 6. The van der Waals surface area contributed by atoms with E-state index in [1.807, 2.05) is 30.3 Å². The van der Waals surface area contributed by atoms with E-state index < -0.39 is 17.8 Å². The molecule has 0 N–H and O–H groups in total. The normalized spacial score (nSPS) is 10.6. The highest BCUT2D eigenvalue weighted by atomic mass is 35.5. The molecule has 0 spiro atoms. The maximum absolute atomic E-state index is 13.5. The minimum absolute atomic E-state index is 0.0396. The number of carbonyl (C=O) groups excluding carboxylic acids is 2. The molecule has 0 radical (unpaired) electrons. The first kappa shape index (κ1) is 17.7. The summed E-state index contributed by atoms with van der Waals surface area (Å²) in [5.74, 6) is -2.77. The molecule has 0 saturated carbocycles. The highest BCUT2D eigenvalue weighted by molar-refractivity contribution is 6.32. The molecule has 4 nitrogen and oxygen atoms in total. The van der Waals surface area contributed by atoms with E-state index in [4.69, 9.17) is 21.1 Å². The lowest BCUT2D eigenvalue weighted by Gasteiger charge is -2.04. The smallest absolute Gasteiger partial charge is 0.336 e. The second-order valence-corrected chi connectivity index (χ2v) is 5.12. The largest absolute Gasteiger partial charge is 0.462 e. The third-order valence-electron chi connectivity index (χ3n) is 2.95. The summed E-state index contributed by atoms with van der Waals surface area (Å²) in [5, 5.41) is -0.0396. The molecule has 2 aromatic rings. The van der Waals surface area contributed by atoms with Gasteiger partial charge in [-0.25, -0.2) is 14.0 Å². The minimum atomic E-state index is -0.929. The lowest BCUT2D eigenvalue weighted by atomic mass is 10.2. The van der Waals surface area contributed by atoms with Crippen LogP contribution in [0.3, 0.4) is 0 Å². The van der Waals surface area contributed by atoms with Crippen molar-refractivity contribution in [2.45, 2.75) is 6.42 Å². The first-order valence-electron chi connectivity index (χ1n) is 7.11. The third kappa shape index (κ3) is 5.52. The van der Waals surface area contributed by atoms with Gasteiger partial charge in [-0.2, -0.15) is 0 Å². The highest BCUT2D eigenvalue weighted by Gasteiger charge is 2.11. The molecule has 0 aliphatic rings. The molecule has 0 aliphatic carbocycles. The van der Waals surface area contributed by atoms with E-state index >= 15 is 0 Å². The van der Waals surface area contributed by atoms with Crippen molar-refractivity contribution >= 4 is 23.5 Å². The van der Waals surface area contributed by atoms with Gasteiger partial charge in [0.1, 0.15) is 0 Å². The van der Waals surface area contributed by atoms with Crippen LogP contribution in [0.5, 0.6) is 5.75 Å². The van der Waals surface area contributed by atoms with Crippen LogP contribution in [-0.4, -0.2) is 18.5 Å². The topological polar surface area (TPSA) is 52.6 Å². The minimum Gasteiger partial charge on any atom is -0.462 e. The number of para-hydroxylation sites is 1. The number of halogens is 2. The second kappa shape index (κ2) is 8.84. The van der Waals surface area contributed by atoms with Crippen molar-refractivity contribution in [2.24, 2.45) is 0 Å². The van der Waals surface area contributed by atoms with Gasteiger partial charge in [0, 0.05) is 18.6 Å². The molecule has 0 heterocycles. The van der Waals surface area contributed by atoms with Gasteiger partial charge in [-0.1, -0.05) is 48.0 Å². The fourth-order valence-corrected chi connectivity index (χ4v) is 2.01. The Morgan fingerprint density at radius 1 is 1.00 bits per heavy atom. The van der Waals surface area contributed by atoms with Gasteiger partial charge in [0.15, 0.2) is 11.6 Å². The van der Waals surface area contributed by atoms with E-state index in [0.717, 1.165) is 23.8 Å². The quantitative estimate of drug-likeness (QED) is 0.453. The van der Waals surface area contributed by atoms with Crippen molar-refractivity contribution in [1.29, 1.82) is 0 Å². The summed E-state index contributed by atoms with van der Waals surface area (Å²) in [6.07, 6.45) is 2.34. The van der Waals surface area contributed by atoms with Crippen molar-refractivity contribution in [3.05, 3.63) is 77.1 Å². The molecule has 2 aromatic carbocycles. The molecule has 0 bridgehead atoms. The maximum Gasteiger partial charge on any atom is 0.336 e. The average molecular weight is 349 g/mol. The molecule has 0 aliphatic heterocycles. The summed E-state index contributed by atoms with van der Waals surface area (Å²) in [5.41, 5.74) is 1.03. The van der Waals surface area contributed by atoms with Crippen molar-refractivity contribution < 1.29 is 23.5 Å². The predicted molar refractivity (Wildman–Crippen MR) is 87.3 cm³/mol. The van der Waals surface area contributed by atoms with Crippen LogP contribution in [0, 0.1) is 5.82 Å². The lowest BCUT2D eigenvalue weighted by molar-refractivity contribution is -0.138. The number of esters is 2. The van der Waals surface area contributed by atoms with Crippen LogP contribution in [-0.2, 0) is 20.7 Å². The van der Waals surface area contributed by atoms with Crippen molar-refractivity contribution in [3.63, 3.8) is 0 Å². The Labute approximate surface area is 143 Å². The molecule has 0 unspecified atom stereocenters. The molecule has 0 aromatic heterocycles. The van der Waals surface area contributed by atoms with E-state index in [9.17, 15) is 14.0 Å². The second-order valence-electron chi connectivity index (χ2n) is 4.71. The van der Waals surface area contributed by atoms with Crippen LogP contribution < -0.4 is 4.74 Å². The zero-order chi connectivity index (χ0) is 17.4. The van der Waals surface area contributed by atoms with Crippen LogP contribution in [0.15, 0.2) is 60.7 Å². The number of benzene rings is 2. The standard InChI is InChI=1S/C18H14ClFO4/c19-14-7-4-8-15(20)18(14)24-17(22)10-9-16(21)23-12-11-13-5-2-1-3-6-13/h1-10H,11-12H2/b10-9+. The molecule has 0 atom stereocenters. The number of hydrogen-bond acceptors (Lipinski definition) is 4. The Hall–Kier alpha value is -2.66. The molecule has 2 rings (SSSR count). The zero-order valence-corrected chi connectivity index (χ0v) is 13.3. The van der Waals surface area contributed by atoms with E-state index in [1.165, 1.54) is 12.1 Å². The summed E-state index contributed by atoms with van der Waals surface area (Å²) in [7, 11) is 0. The van der Waals surface area contributed by atoms with Gasteiger partial charge < -0.3 is 9.47 Å². The van der Waals surface area contributed by atoms with Crippen LogP contribution in [0.25, 0.3) is 0 Å². The molecule has 124 valence electrons. The van der Waals surface area contributed by atoms with Crippen LogP contribution in [0.2, 0.25) is 5.02 Å². The van der Waals surface area contributed by atoms with Crippen molar-refractivity contribution in [3.8, 4) is 5.75 Å². The Balaban J connectivity index is 1.79. The van der Waals surface area contributed by atoms with Crippen LogP contribution >= 0.6 is 11.6 Å². The Kier molecular flexibility index (Phi) is 6.51. The van der Waals surface area contributed by atoms with Gasteiger partial charge >= 0.3 is 11.9 Å². The van der Waals surface area contributed by atoms with Gasteiger partial charge in [0.05, 0.1) is 11.6 Å². The number of hydrogen-bond donors (Lipinski definition) is 0. The van der Waals surface area contributed by atoms with E-state index in [1.54, 1.807) is 0 Å². The van der Waals surface area contributed by atoms with Gasteiger partial charge in [-0.05, 0) is 17.7 Å². The monoisotopic (exact) mass is 348 g/mol. The van der Waals surface area contributed by atoms with E-state index in [0.29, 0.717) is 6.42 Å². The molecule has 0 fully saturated rings. The molecule has 6 heteroatoms. The molecule has 24 heavy (non-hydrogen) atoms. The van der Waals surface area contributed by atoms with Gasteiger partial charge in [-0.15, -0.1) is 0 Å². The number of carbonyl (C=O) groups is 2. The highest BCUT2D eigenvalue weighted by Crippen LogP contribution is 2.27. The fraction of sp³-hybridized carbons (Fsp3) is 0.111. The summed E-state index contributed by atoms with van der Waals surface area (Å²) >= 11 is 5.73. The Morgan fingerprint density at radius 3 is 2.42 bits per heavy atom. The van der Waals surface area contributed by atoms with Crippen LogP contribution in [0.1, 0.15) is 5.56 Å². The summed E-state index contributed by atoms with van der Waals surface area (Å²) in [4.78, 5) is 23.1. The average Bonchev–Trinajstić information content (AvgIpc) is 2.57. The van der Waals surface area contributed by atoms with E-state index in [-0.39, 0.29) is 17.4 Å². The summed E-state index contributed by atoms with van der Waals surface area (Å²) in [6, 6.07) is 13.4. The zero-order valence-electron chi connectivity index (χ0n) is 12.6. The van der Waals surface area contributed by atoms with Gasteiger partial charge in [0.2, 0.25) is 0 Å². The van der Waals surface area contributed by atoms with Crippen LogP contribution in [0.4, 0.5) is 4.39 Å². The van der Waals surface area contributed by atoms with E-state index in [2.05, 4.69) is 0 Å². The lowest BCUT2D eigenvalue weighted by Crippen LogP contribution is -2.09. The van der Waals surface area contributed by atoms with Gasteiger partial charge in [-0.3, -0.25) is 0 Å². The SMILES string of the molecule is O=C(/C=C/C(=O)Oc1c(F)cccc1Cl)OCCc1ccccc1. The molecule has 0 saturated heterocycles. The fourth-order valence-electron chi connectivity index (χ4n) is 1.81. The van der Waals surface area contributed by atoms with Crippen molar-refractivity contribution in [2.75, 3.05) is 6.61 Å². The maximum atomic E-state index is 13.5. The molecular weight excluding hydrogens is 335 g/mol. The first-order valence-corrected chi connectivity index (χ1v) is 7.48. The summed E-state index contributed by atoms with van der Waals surface area (Å²) in [6.45, 7) is 0.182. The molecule has 0 amide bonds. The predicted octanol–water partition coefficient (Wildman–Crippen LogP) is 3.73. The van der Waals surface area contributed by atoms with Crippen molar-refractivity contribution in [1.82, 2.24) is 0 Å². The first-order chi connectivity index (χ1) is 11.6. The Morgan fingerprint density at radius 2 is 1.71 bits per heavy atom. The molecular formula is C18H14ClFO4. The van der Waals surface area contributed by atoms with Gasteiger partial charge in [0.25, 0.3) is 0 Å². The Bertz CT molecular complexity index is 724.